The number of hydrogen-bond donors (Lipinski definition) is 1. The number of benzene rings is 3. The average molecular weight is 364 g/mol. The fourth-order valence-corrected chi connectivity index (χ4v) is 2.54. The molecule has 4 heteroatoms. The van der Waals surface area contributed by atoms with Gasteiger partial charge in [-0.15, -0.1) is 0 Å². The molecule has 0 aliphatic heterocycles. The molecule has 3 aromatic rings. The Morgan fingerprint density at radius 3 is 1.81 bits per heavy atom. The molecule has 0 radical (unpaired) electrons. The predicted molar refractivity (Wildman–Crippen MR) is 105 cm³/mol. The molecular formula is C23H24O4. The van der Waals surface area contributed by atoms with E-state index in [0.717, 1.165) is 11.1 Å². The number of ether oxygens (including phenoxy) is 3. The normalized spacial score (nSPS) is 10.4. The number of hydrogen-bond acceptors (Lipinski definition) is 4. The summed E-state index contributed by atoms with van der Waals surface area (Å²) in [7, 11) is 0. The molecule has 0 saturated carbocycles. The van der Waals surface area contributed by atoms with Gasteiger partial charge >= 0.3 is 0 Å². The summed E-state index contributed by atoms with van der Waals surface area (Å²) < 4.78 is 17.6. The van der Waals surface area contributed by atoms with Crippen molar-refractivity contribution < 1.29 is 19.3 Å². The Hall–Kier alpha value is -2.98. The first-order valence-corrected chi connectivity index (χ1v) is 9.06. The summed E-state index contributed by atoms with van der Waals surface area (Å²) in [6.45, 7) is 1.48. The minimum atomic E-state index is 0.107. The van der Waals surface area contributed by atoms with E-state index in [9.17, 15) is 0 Å². The Kier molecular flexibility index (Phi) is 7.13. The van der Waals surface area contributed by atoms with E-state index in [4.69, 9.17) is 19.3 Å². The van der Waals surface area contributed by atoms with Crippen LogP contribution in [0.4, 0.5) is 0 Å². The SMILES string of the molecule is OCCCOc1ccc(OCc2ccccc2)c(OCc2ccccc2)c1. The maximum atomic E-state index is 8.91. The lowest BCUT2D eigenvalue weighted by Crippen LogP contribution is -2.03. The largest absolute Gasteiger partial charge is 0.493 e. The van der Waals surface area contributed by atoms with Gasteiger partial charge in [0, 0.05) is 19.1 Å². The first kappa shape index (κ1) is 18.8. The lowest BCUT2D eigenvalue weighted by atomic mass is 10.2. The van der Waals surface area contributed by atoms with Crippen molar-refractivity contribution in [3.63, 3.8) is 0 Å². The zero-order valence-electron chi connectivity index (χ0n) is 15.2. The average Bonchev–Trinajstić information content (AvgIpc) is 2.73. The van der Waals surface area contributed by atoms with Crippen LogP contribution < -0.4 is 14.2 Å². The maximum absolute atomic E-state index is 8.91. The monoisotopic (exact) mass is 364 g/mol. The molecule has 0 saturated heterocycles. The van der Waals surface area contributed by atoms with Crippen LogP contribution in [0.15, 0.2) is 78.9 Å². The van der Waals surface area contributed by atoms with Crippen LogP contribution in [0.25, 0.3) is 0 Å². The molecule has 3 aromatic carbocycles. The molecule has 0 atom stereocenters. The molecule has 0 aliphatic rings. The molecular weight excluding hydrogens is 340 g/mol. The van der Waals surface area contributed by atoms with Gasteiger partial charge < -0.3 is 19.3 Å². The highest BCUT2D eigenvalue weighted by molar-refractivity contribution is 5.46. The summed E-state index contributed by atoms with van der Waals surface area (Å²) in [6, 6.07) is 25.5. The van der Waals surface area contributed by atoms with Crippen molar-refractivity contribution in [1.82, 2.24) is 0 Å². The van der Waals surface area contributed by atoms with Gasteiger partial charge in [-0.05, 0) is 23.3 Å². The van der Waals surface area contributed by atoms with Crippen LogP contribution in [0.2, 0.25) is 0 Å². The number of aliphatic hydroxyl groups excluding tert-OH is 1. The van der Waals surface area contributed by atoms with Crippen molar-refractivity contribution in [2.45, 2.75) is 19.6 Å². The molecule has 4 nitrogen and oxygen atoms in total. The molecule has 0 spiro atoms. The van der Waals surface area contributed by atoms with Crippen molar-refractivity contribution in [1.29, 1.82) is 0 Å². The molecule has 0 amide bonds. The van der Waals surface area contributed by atoms with Crippen molar-refractivity contribution >= 4 is 0 Å². The van der Waals surface area contributed by atoms with Gasteiger partial charge in [0.2, 0.25) is 0 Å². The standard InChI is InChI=1S/C23H24O4/c24-14-7-15-25-21-12-13-22(26-17-19-8-3-1-4-9-19)23(16-21)27-18-20-10-5-2-6-11-20/h1-6,8-13,16,24H,7,14-15,17-18H2. The van der Waals surface area contributed by atoms with Gasteiger partial charge in [-0.25, -0.2) is 0 Å². The lowest BCUT2D eigenvalue weighted by Gasteiger charge is -2.15. The van der Waals surface area contributed by atoms with E-state index in [1.807, 2.05) is 78.9 Å². The molecule has 0 bridgehead atoms. The van der Waals surface area contributed by atoms with Gasteiger partial charge in [0.1, 0.15) is 19.0 Å². The second-order valence-corrected chi connectivity index (χ2v) is 6.08. The Bertz CT molecular complexity index is 803. The van der Waals surface area contributed by atoms with Gasteiger partial charge in [-0.3, -0.25) is 0 Å². The van der Waals surface area contributed by atoms with Crippen molar-refractivity contribution in [3.8, 4) is 17.2 Å². The summed E-state index contributed by atoms with van der Waals surface area (Å²) in [5.41, 5.74) is 2.17. The Morgan fingerprint density at radius 1 is 0.630 bits per heavy atom. The summed E-state index contributed by atoms with van der Waals surface area (Å²) >= 11 is 0. The first-order chi connectivity index (χ1) is 13.3. The molecule has 0 unspecified atom stereocenters. The van der Waals surface area contributed by atoms with E-state index in [-0.39, 0.29) is 6.61 Å². The zero-order chi connectivity index (χ0) is 18.7. The fourth-order valence-electron chi connectivity index (χ4n) is 2.54. The van der Waals surface area contributed by atoms with Crippen molar-refractivity contribution in [2.75, 3.05) is 13.2 Å². The molecule has 1 N–H and O–H groups in total. The topological polar surface area (TPSA) is 47.9 Å². The van der Waals surface area contributed by atoms with Gasteiger partial charge in [-0.1, -0.05) is 60.7 Å². The Balaban J connectivity index is 1.71. The lowest BCUT2D eigenvalue weighted by molar-refractivity contribution is 0.230. The molecule has 0 heterocycles. The third kappa shape index (κ3) is 6.04. The van der Waals surface area contributed by atoms with Crippen LogP contribution in [-0.2, 0) is 13.2 Å². The second-order valence-electron chi connectivity index (χ2n) is 6.08. The highest BCUT2D eigenvalue weighted by Gasteiger charge is 2.09. The van der Waals surface area contributed by atoms with E-state index < -0.39 is 0 Å². The van der Waals surface area contributed by atoms with Crippen molar-refractivity contribution in [3.05, 3.63) is 90.0 Å². The quantitative estimate of drug-likeness (QED) is 0.534. The van der Waals surface area contributed by atoms with E-state index in [2.05, 4.69) is 0 Å². The summed E-state index contributed by atoms with van der Waals surface area (Å²) in [4.78, 5) is 0. The maximum Gasteiger partial charge on any atom is 0.165 e. The second kappa shape index (κ2) is 10.2. The van der Waals surface area contributed by atoms with E-state index in [0.29, 0.717) is 43.5 Å². The molecule has 27 heavy (non-hydrogen) atoms. The van der Waals surface area contributed by atoms with Crippen LogP contribution in [-0.4, -0.2) is 18.3 Å². The first-order valence-electron chi connectivity index (χ1n) is 9.06. The van der Waals surface area contributed by atoms with Crippen LogP contribution in [0.5, 0.6) is 17.2 Å². The molecule has 3 rings (SSSR count). The number of rotatable bonds is 10. The van der Waals surface area contributed by atoms with E-state index in [1.54, 1.807) is 0 Å². The third-order valence-electron chi connectivity index (χ3n) is 3.96. The summed E-state index contributed by atoms with van der Waals surface area (Å²) in [6.07, 6.45) is 0.590. The molecule has 0 aliphatic carbocycles. The van der Waals surface area contributed by atoms with Crippen LogP contribution >= 0.6 is 0 Å². The van der Waals surface area contributed by atoms with Gasteiger partial charge in [-0.2, -0.15) is 0 Å². The number of aliphatic hydroxyl groups is 1. The molecule has 0 fully saturated rings. The minimum Gasteiger partial charge on any atom is -0.493 e. The van der Waals surface area contributed by atoms with Crippen LogP contribution in [0.1, 0.15) is 17.5 Å². The van der Waals surface area contributed by atoms with Gasteiger partial charge in [0.05, 0.1) is 6.61 Å². The van der Waals surface area contributed by atoms with E-state index >= 15 is 0 Å². The fraction of sp³-hybridized carbons (Fsp3) is 0.217. The zero-order valence-corrected chi connectivity index (χ0v) is 15.2. The van der Waals surface area contributed by atoms with Gasteiger partial charge in [0.25, 0.3) is 0 Å². The van der Waals surface area contributed by atoms with Gasteiger partial charge in [0.15, 0.2) is 11.5 Å². The van der Waals surface area contributed by atoms with E-state index in [1.165, 1.54) is 0 Å². The highest BCUT2D eigenvalue weighted by Crippen LogP contribution is 2.33. The summed E-state index contributed by atoms with van der Waals surface area (Å²) in [5, 5.41) is 8.91. The van der Waals surface area contributed by atoms with Crippen molar-refractivity contribution in [2.24, 2.45) is 0 Å². The van der Waals surface area contributed by atoms with Crippen LogP contribution in [0.3, 0.4) is 0 Å². The Morgan fingerprint density at radius 2 is 1.22 bits per heavy atom. The smallest absolute Gasteiger partial charge is 0.165 e. The third-order valence-corrected chi connectivity index (χ3v) is 3.96. The Labute approximate surface area is 160 Å². The minimum absolute atomic E-state index is 0.107. The van der Waals surface area contributed by atoms with Crippen LogP contribution in [0, 0.1) is 0 Å². The highest BCUT2D eigenvalue weighted by atomic mass is 16.5. The molecule has 0 aromatic heterocycles. The molecule has 140 valence electrons. The summed E-state index contributed by atoms with van der Waals surface area (Å²) in [5.74, 6) is 2.00. The predicted octanol–water partition coefficient (Wildman–Crippen LogP) is 4.61.